The fraction of sp³-hybridized carbons (Fsp3) is 0.0980. The van der Waals surface area contributed by atoms with Crippen LogP contribution in [0.5, 0.6) is 0 Å². The summed E-state index contributed by atoms with van der Waals surface area (Å²) in [6.45, 7) is 8.97. The summed E-state index contributed by atoms with van der Waals surface area (Å²) < 4.78 is 2.37. The molecular formula is C51H42N2. The Morgan fingerprint density at radius 1 is 0.472 bits per heavy atom. The Kier molecular flexibility index (Phi) is 7.97. The van der Waals surface area contributed by atoms with Gasteiger partial charge in [0, 0.05) is 44.1 Å². The first-order valence-corrected chi connectivity index (χ1v) is 18.6. The molecule has 1 heterocycles. The monoisotopic (exact) mass is 682 g/mol. The minimum Gasteiger partial charge on any atom is -0.310 e. The molecule has 0 atom stereocenters. The van der Waals surface area contributed by atoms with Gasteiger partial charge in [-0.25, -0.2) is 0 Å². The Hall–Kier alpha value is -6.38. The van der Waals surface area contributed by atoms with Gasteiger partial charge in [0.25, 0.3) is 0 Å². The Bertz CT molecular complexity index is 2730. The Balaban J connectivity index is 1.14. The topological polar surface area (TPSA) is 8.17 Å². The molecule has 8 aromatic rings. The second kappa shape index (κ2) is 13.0. The number of aromatic nitrogens is 1. The van der Waals surface area contributed by atoms with Crippen LogP contribution >= 0.6 is 0 Å². The molecule has 0 unspecified atom stereocenters. The molecule has 256 valence electrons. The summed E-state index contributed by atoms with van der Waals surface area (Å²) in [7, 11) is 0. The van der Waals surface area contributed by atoms with Crippen LogP contribution in [0.15, 0.2) is 170 Å². The highest BCUT2D eigenvalue weighted by Crippen LogP contribution is 2.50. The molecule has 7 aromatic carbocycles. The van der Waals surface area contributed by atoms with E-state index in [-0.39, 0.29) is 5.41 Å². The molecule has 0 saturated carbocycles. The minimum absolute atomic E-state index is 0.0864. The van der Waals surface area contributed by atoms with Crippen molar-refractivity contribution in [3.05, 3.63) is 192 Å². The van der Waals surface area contributed by atoms with Crippen LogP contribution in [0.4, 0.5) is 17.1 Å². The lowest BCUT2D eigenvalue weighted by atomic mass is 9.82. The van der Waals surface area contributed by atoms with Crippen LogP contribution in [0.2, 0.25) is 0 Å². The summed E-state index contributed by atoms with van der Waals surface area (Å²) in [5.74, 6) is 0. The average Bonchev–Trinajstić information content (AvgIpc) is 3.66. The second-order valence-corrected chi connectivity index (χ2v) is 14.5. The molecule has 1 aliphatic rings. The molecule has 0 bridgehead atoms. The average molecular weight is 683 g/mol. The van der Waals surface area contributed by atoms with E-state index in [2.05, 4.69) is 219 Å². The van der Waals surface area contributed by atoms with E-state index in [1.54, 1.807) is 0 Å². The fourth-order valence-corrected chi connectivity index (χ4v) is 8.47. The summed E-state index contributed by atoms with van der Waals surface area (Å²) in [5.41, 5.74) is 15.9. The zero-order valence-corrected chi connectivity index (χ0v) is 30.7. The third kappa shape index (κ3) is 5.41. The first-order chi connectivity index (χ1) is 26.0. The molecule has 1 aromatic heterocycles. The lowest BCUT2D eigenvalue weighted by Crippen LogP contribution is -2.27. The summed E-state index contributed by atoms with van der Waals surface area (Å²) in [5, 5.41) is 3.74. The zero-order valence-electron chi connectivity index (χ0n) is 30.7. The predicted molar refractivity (Wildman–Crippen MR) is 226 cm³/mol. The molecule has 0 N–H and O–H groups in total. The van der Waals surface area contributed by atoms with E-state index >= 15 is 0 Å². The molecule has 0 amide bonds. The maximum Gasteiger partial charge on any atom is 0.0541 e. The van der Waals surface area contributed by atoms with Crippen molar-refractivity contribution in [2.24, 2.45) is 0 Å². The van der Waals surface area contributed by atoms with Gasteiger partial charge in [-0.3, -0.25) is 0 Å². The SMILES string of the molecule is C/C=c1\c(=C/C)n(-c2ccccc2)c2ccc(-c3ccc(N(c4ccc(-c5ccccc5)cc4)c4ccc5c(c4)C(C)(C)c4ccccc4-5)cc3)cc12. The van der Waals surface area contributed by atoms with Gasteiger partial charge in [-0.05, 0) is 119 Å². The molecule has 0 saturated heterocycles. The minimum atomic E-state index is -0.0864. The molecule has 9 rings (SSSR count). The quantitative estimate of drug-likeness (QED) is 0.169. The number of fused-ring (bicyclic) bond motifs is 4. The van der Waals surface area contributed by atoms with Crippen molar-refractivity contribution in [3.63, 3.8) is 0 Å². The van der Waals surface area contributed by atoms with Crippen LogP contribution in [0.1, 0.15) is 38.8 Å². The Morgan fingerprint density at radius 2 is 1.02 bits per heavy atom. The number of rotatable bonds is 6. The lowest BCUT2D eigenvalue weighted by molar-refractivity contribution is 0.660. The van der Waals surface area contributed by atoms with Crippen LogP contribution in [-0.4, -0.2) is 4.57 Å². The normalized spacial score (nSPS) is 13.7. The van der Waals surface area contributed by atoms with Gasteiger partial charge in [-0.2, -0.15) is 0 Å². The number of benzene rings is 7. The van der Waals surface area contributed by atoms with Gasteiger partial charge in [-0.15, -0.1) is 0 Å². The molecular weight excluding hydrogens is 641 g/mol. The number of hydrogen-bond donors (Lipinski definition) is 0. The van der Waals surface area contributed by atoms with Crippen molar-refractivity contribution in [1.82, 2.24) is 4.57 Å². The first kappa shape index (κ1) is 32.5. The van der Waals surface area contributed by atoms with Crippen molar-refractivity contribution in [2.75, 3.05) is 4.90 Å². The summed E-state index contributed by atoms with van der Waals surface area (Å²) in [6, 6.07) is 62.1. The number of nitrogens with zero attached hydrogens (tertiary/aromatic N) is 2. The molecule has 53 heavy (non-hydrogen) atoms. The first-order valence-electron chi connectivity index (χ1n) is 18.6. The molecule has 2 heteroatoms. The van der Waals surface area contributed by atoms with Crippen molar-refractivity contribution in [3.8, 4) is 39.1 Å². The number of anilines is 3. The number of para-hydroxylation sites is 1. The second-order valence-electron chi connectivity index (χ2n) is 14.5. The van der Waals surface area contributed by atoms with Crippen LogP contribution < -0.4 is 15.5 Å². The van der Waals surface area contributed by atoms with Crippen molar-refractivity contribution < 1.29 is 0 Å². The van der Waals surface area contributed by atoms with Gasteiger partial charge in [0.05, 0.1) is 5.52 Å². The van der Waals surface area contributed by atoms with E-state index in [0.717, 1.165) is 17.1 Å². The summed E-state index contributed by atoms with van der Waals surface area (Å²) in [6.07, 6.45) is 4.46. The predicted octanol–water partition coefficient (Wildman–Crippen LogP) is 12.3. The van der Waals surface area contributed by atoms with E-state index in [1.165, 1.54) is 71.7 Å². The highest BCUT2D eigenvalue weighted by molar-refractivity contribution is 5.90. The highest BCUT2D eigenvalue weighted by Gasteiger charge is 2.35. The van der Waals surface area contributed by atoms with Crippen molar-refractivity contribution in [2.45, 2.75) is 33.1 Å². The Morgan fingerprint density at radius 3 is 1.68 bits per heavy atom. The van der Waals surface area contributed by atoms with E-state index in [4.69, 9.17) is 0 Å². The van der Waals surface area contributed by atoms with Crippen molar-refractivity contribution in [1.29, 1.82) is 0 Å². The van der Waals surface area contributed by atoms with E-state index in [1.807, 2.05) is 0 Å². The lowest BCUT2D eigenvalue weighted by Gasteiger charge is -2.28. The van der Waals surface area contributed by atoms with Gasteiger partial charge in [-0.1, -0.05) is 135 Å². The standard InChI is InChI=1S/C51H42N2/c1-5-43-46-33-38(25-32-50(46)53(49(43)6-2)39-17-11-8-12-18-39)37-23-28-41(29-24-37)52(40-26-21-36(22-27-40)35-15-9-7-10-16-35)42-30-31-45-44-19-13-14-20-47(44)51(3,4)48(45)34-42/h5-34H,1-4H3/b43-5-,49-6+. The molecule has 2 nitrogen and oxygen atoms in total. The smallest absolute Gasteiger partial charge is 0.0541 e. The van der Waals surface area contributed by atoms with Gasteiger partial charge < -0.3 is 9.47 Å². The van der Waals surface area contributed by atoms with Gasteiger partial charge in [0.15, 0.2) is 0 Å². The molecule has 0 aliphatic heterocycles. The third-order valence-electron chi connectivity index (χ3n) is 11.1. The summed E-state index contributed by atoms with van der Waals surface area (Å²) in [4.78, 5) is 2.40. The molecule has 0 fully saturated rings. The molecule has 1 aliphatic carbocycles. The van der Waals surface area contributed by atoms with Crippen LogP contribution in [0.25, 0.3) is 62.1 Å². The van der Waals surface area contributed by atoms with Gasteiger partial charge in [0.2, 0.25) is 0 Å². The van der Waals surface area contributed by atoms with Gasteiger partial charge >= 0.3 is 0 Å². The Labute approximate surface area is 312 Å². The van der Waals surface area contributed by atoms with Gasteiger partial charge in [0.1, 0.15) is 0 Å². The molecule has 0 radical (unpaired) electrons. The van der Waals surface area contributed by atoms with Crippen LogP contribution in [-0.2, 0) is 5.41 Å². The van der Waals surface area contributed by atoms with Crippen molar-refractivity contribution >= 4 is 40.1 Å². The summed E-state index contributed by atoms with van der Waals surface area (Å²) >= 11 is 0. The third-order valence-corrected chi connectivity index (χ3v) is 11.1. The fourth-order valence-electron chi connectivity index (χ4n) is 8.47. The maximum atomic E-state index is 2.41. The van der Waals surface area contributed by atoms with Crippen LogP contribution in [0, 0.1) is 0 Å². The maximum absolute atomic E-state index is 2.41. The largest absolute Gasteiger partial charge is 0.310 e. The van der Waals surface area contributed by atoms with E-state index < -0.39 is 0 Å². The van der Waals surface area contributed by atoms with E-state index in [9.17, 15) is 0 Å². The number of hydrogen-bond acceptors (Lipinski definition) is 1. The van der Waals surface area contributed by atoms with Crippen LogP contribution in [0.3, 0.4) is 0 Å². The highest BCUT2D eigenvalue weighted by atomic mass is 15.1. The zero-order chi connectivity index (χ0) is 36.1. The molecule has 0 spiro atoms. The van der Waals surface area contributed by atoms with E-state index in [0.29, 0.717) is 0 Å².